The summed E-state index contributed by atoms with van der Waals surface area (Å²) in [6.45, 7) is 3.81. The lowest BCUT2D eigenvalue weighted by Crippen LogP contribution is -3.05. The number of quaternary nitrogens is 1. The summed E-state index contributed by atoms with van der Waals surface area (Å²) in [6.07, 6.45) is 5.56. The van der Waals surface area contributed by atoms with Gasteiger partial charge in [-0.05, 0) is 30.9 Å². The quantitative estimate of drug-likeness (QED) is 0.507. The topological polar surface area (TPSA) is 68.4 Å². The van der Waals surface area contributed by atoms with Crippen molar-refractivity contribution in [1.29, 1.82) is 0 Å². The van der Waals surface area contributed by atoms with Crippen molar-refractivity contribution in [3.63, 3.8) is 0 Å². The Bertz CT molecular complexity index is 896. The minimum atomic E-state index is -0.0202. The summed E-state index contributed by atoms with van der Waals surface area (Å²) < 4.78 is 1.74. The molecule has 7 heteroatoms. The number of hydrogen-bond donors (Lipinski definition) is 2. The Labute approximate surface area is 177 Å². The van der Waals surface area contributed by atoms with E-state index in [4.69, 9.17) is 4.98 Å². The number of aromatic nitrogens is 2. The fraction of sp³-hybridized carbons (Fsp3) is 0.591. The second-order valence-corrected chi connectivity index (χ2v) is 9.35. The number of fused-ring (bicyclic) bond motifs is 1. The third kappa shape index (κ3) is 5.82. The zero-order valence-electron chi connectivity index (χ0n) is 17.7. The number of para-hydroxylation sites is 1. The number of carbonyl (C=O) groups is 1. The Morgan fingerprint density at radius 1 is 1.28 bits per heavy atom. The molecule has 1 fully saturated rings. The molecule has 2 N–H and O–H groups in total. The van der Waals surface area contributed by atoms with Crippen LogP contribution in [0.5, 0.6) is 0 Å². The van der Waals surface area contributed by atoms with Crippen molar-refractivity contribution in [2.75, 3.05) is 26.4 Å². The highest BCUT2D eigenvalue weighted by Gasteiger charge is 2.23. The molecule has 1 heterocycles. The molecule has 1 aromatic carbocycles. The van der Waals surface area contributed by atoms with Crippen molar-refractivity contribution >= 4 is 28.6 Å². The van der Waals surface area contributed by atoms with Crippen molar-refractivity contribution in [2.24, 2.45) is 5.92 Å². The molecule has 1 aliphatic carbocycles. The summed E-state index contributed by atoms with van der Waals surface area (Å²) in [5, 5.41) is 4.46. The largest absolute Gasteiger partial charge is 0.352 e. The van der Waals surface area contributed by atoms with E-state index in [9.17, 15) is 9.59 Å². The molecule has 3 rings (SSSR count). The summed E-state index contributed by atoms with van der Waals surface area (Å²) >= 11 is 1.37. The lowest BCUT2D eigenvalue weighted by Gasteiger charge is -2.29. The average molecular weight is 418 g/mol. The molecule has 1 saturated carbocycles. The molecule has 2 aromatic rings. The van der Waals surface area contributed by atoms with Crippen molar-refractivity contribution in [1.82, 2.24) is 14.9 Å². The van der Waals surface area contributed by atoms with Crippen LogP contribution in [0.1, 0.15) is 39.0 Å². The smallest absolute Gasteiger partial charge is 0.262 e. The molecule has 158 valence electrons. The van der Waals surface area contributed by atoms with E-state index < -0.39 is 0 Å². The first-order valence-electron chi connectivity index (χ1n) is 10.7. The van der Waals surface area contributed by atoms with Gasteiger partial charge >= 0.3 is 0 Å². The number of rotatable bonds is 8. The van der Waals surface area contributed by atoms with Gasteiger partial charge in [-0.25, -0.2) is 4.98 Å². The number of amides is 1. The third-order valence-corrected chi connectivity index (χ3v) is 6.65. The Kier molecular flexibility index (Phi) is 7.72. The standard InChI is InChI=1S/C22H32N4O2S/c1-16-9-4-6-11-18(16)23-20(27)15-29-22-24-19-12-7-5-10-17(19)21(28)26(22)14-8-13-25(2)3/h5,7,10,12,16,18H,4,6,8-9,11,13-15H2,1-3H3,(H,23,27)/p+1/t16-,18+/m1/s1. The van der Waals surface area contributed by atoms with Gasteiger partial charge in [0.2, 0.25) is 5.91 Å². The van der Waals surface area contributed by atoms with Crippen LogP contribution in [0.2, 0.25) is 0 Å². The summed E-state index contributed by atoms with van der Waals surface area (Å²) in [4.78, 5) is 31.6. The van der Waals surface area contributed by atoms with Crippen molar-refractivity contribution < 1.29 is 9.69 Å². The zero-order valence-corrected chi connectivity index (χ0v) is 18.6. The normalized spacial score (nSPS) is 19.6. The van der Waals surface area contributed by atoms with Crippen molar-refractivity contribution in [3.8, 4) is 0 Å². The van der Waals surface area contributed by atoms with E-state index in [-0.39, 0.29) is 23.3 Å². The molecular weight excluding hydrogens is 384 g/mol. The van der Waals surface area contributed by atoms with Gasteiger partial charge < -0.3 is 10.2 Å². The Balaban J connectivity index is 1.74. The molecule has 6 nitrogen and oxygen atoms in total. The van der Waals surface area contributed by atoms with E-state index in [1.54, 1.807) is 4.57 Å². The number of thioether (sulfide) groups is 1. The molecule has 0 saturated heterocycles. The predicted octanol–water partition coefficient (Wildman–Crippen LogP) is 1.72. The average Bonchev–Trinajstić information content (AvgIpc) is 2.70. The first-order valence-corrected chi connectivity index (χ1v) is 11.6. The van der Waals surface area contributed by atoms with Gasteiger partial charge in [-0.2, -0.15) is 0 Å². The number of carbonyl (C=O) groups excluding carboxylic acids is 1. The molecule has 0 aliphatic heterocycles. The molecule has 2 atom stereocenters. The van der Waals surface area contributed by atoms with Gasteiger partial charge in [-0.3, -0.25) is 14.2 Å². The van der Waals surface area contributed by atoms with Gasteiger partial charge in [-0.15, -0.1) is 0 Å². The Hall–Kier alpha value is -1.86. The molecule has 0 bridgehead atoms. The van der Waals surface area contributed by atoms with Gasteiger partial charge in [0.25, 0.3) is 5.56 Å². The highest BCUT2D eigenvalue weighted by molar-refractivity contribution is 7.99. The van der Waals surface area contributed by atoms with E-state index in [2.05, 4.69) is 26.3 Å². The molecule has 0 spiro atoms. The maximum atomic E-state index is 13.0. The predicted molar refractivity (Wildman–Crippen MR) is 119 cm³/mol. The zero-order chi connectivity index (χ0) is 20.8. The summed E-state index contributed by atoms with van der Waals surface area (Å²) in [7, 11) is 4.21. The second kappa shape index (κ2) is 10.3. The first-order chi connectivity index (χ1) is 14.0. The summed E-state index contributed by atoms with van der Waals surface area (Å²) in [5.74, 6) is 0.844. The summed E-state index contributed by atoms with van der Waals surface area (Å²) in [6, 6.07) is 7.71. The second-order valence-electron chi connectivity index (χ2n) is 8.40. The van der Waals surface area contributed by atoms with Crippen LogP contribution in [-0.2, 0) is 11.3 Å². The minimum Gasteiger partial charge on any atom is -0.352 e. The van der Waals surface area contributed by atoms with Crippen LogP contribution in [0.4, 0.5) is 0 Å². The maximum absolute atomic E-state index is 13.0. The lowest BCUT2D eigenvalue weighted by atomic mass is 9.86. The third-order valence-electron chi connectivity index (χ3n) is 5.68. The molecule has 1 amide bonds. The van der Waals surface area contributed by atoms with Crippen molar-refractivity contribution in [2.45, 2.75) is 56.8 Å². The molecule has 1 aliphatic rings. The van der Waals surface area contributed by atoms with E-state index in [1.165, 1.54) is 35.9 Å². The van der Waals surface area contributed by atoms with Crippen LogP contribution in [0.15, 0.2) is 34.2 Å². The van der Waals surface area contributed by atoms with Gasteiger partial charge in [-0.1, -0.05) is 43.7 Å². The van der Waals surface area contributed by atoms with E-state index >= 15 is 0 Å². The van der Waals surface area contributed by atoms with Crippen LogP contribution in [-0.4, -0.2) is 47.9 Å². The highest BCUT2D eigenvalue weighted by atomic mass is 32.2. The fourth-order valence-corrected chi connectivity index (χ4v) is 4.79. The van der Waals surface area contributed by atoms with Gasteiger partial charge in [0, 0.05) is 19.0 Å². The van der Waals surface area contributed by atoms with Crippen LogP contribution in [0, 0.1) is 5.92 Å². The van der Waals surface area contributed by atoms with Crippen LogP contribution in [0.3, 0.4) is 0 Å². The fourth-order valence-electron chi connectivity index (χ4n) is 3.95. The van der Waals surface area contributed by atoms with Crippen LogP contribution < -0.4 is 15.8 Å². The monoisotopic (exact) mass is 417 g/mol. The molecule has 0 radical (unpaired) electrons. The van der Waals surface area contributed by atoms with E-state index in [1.807, 2.05) is 24.3 Å². The van der Waals surface area contributed by atoms with Crippen LogP contribution >= 0.6 is 11.8 Å². The van der Waals surface area contributed by atoms with Gasteiger partial charge in [0.15, 0.2) is 5.16 Å². The minimum absolute atomic E-state index is 0.0202. The van der Waals surface area contributed by atoms with Gasteiger partial charge in [0.05, 0.1) is 37.3 Å². The van der Waals surface area contributed by atoms with E-state index in [0.29, 0.717) is 28.5 Å². The lowest BCUT2D eigenvalue weighted by molar-refractivity contribution is -0.858. The Morgan fingerprint density at radius 3 is 2.79 bits per heavy atom. The molecule has 0 unspecified atom stereocenters. The molecule has 29 heavy (non-hydrogen) atoms. The number of nitrogens with one attached hydrogen (secondary N) is 2. The Morgan fingerprint density at radius 2 is 2.03 bits per heavy atom. The van der Waals surface area contributed by atoms with Crippen LogP contribution in [0.25, 0.3) is 10.9 Å². The summed E-state index contributed by atoms with van der Waals surface area (Å²) in [5.41, 5.74) is 0.670. The molecular formula is C22H33N4O2S+. The van der Waals surface area contributed by atoms with E-state index in [0.717, 1.165) is 19.4 Å². The highest BCUT2D eigenvalue weighted by Crippen LogP contribution is 2.24. The SMILES string of the molecule is C[C@@H]1CCCC[C@@H]1NC(=O)CSc1nc2ccccc2c(=O)n1CCC[NH+](C)C. The maximum Gasteiger partial charge on any atom is 0.262 e. The number of benzene rings is 1. The van der Waals surface area contributed by atoms with Gasteiger partial charge in [0.1, 0.15) is 0 Å². The number of hydrogen-bond acceptors (Lipinski definition) is 4. The van der Waals surface area contributed by atoms with Crippen molar-refractivity contribution in [3.05, 3.63) is 34.6 Å². The first kappa shape index (κ1) is 21.8. The number of nitrogens with zero attached hydrogens (tertiary/aromatic N) is 2. The molecule has 1 aromatic heterocycles.